The van der Waals surface area contributed by atoms with Gasteiger partial charge in [0.1, 0.15) is 6.07 Å². The number of aryl methyl sites for hydroxylation is 2. The molecule has 0 saturated carbocycles. The van der Waals surface area contributed by atoms with Crippen molar-refractivity contribution in [1.29, 1.82) is 5.26 Å². The van der Waals surface area contributed by atoms with Crippen molar-refractivity contribution in [2.75, 3.05) is 5.75 Å². The molecule has 1 aromatic carbocycles. The van der Waals surface area contributed by atoms with Crippen molar-refractivity contribution in [1.82, 2.24) is 18.7 Å². The van der Waals surface area contributed by atoms with Crippen LogP contribution in [0.5, 0.6) is 0 Å². The summed E-state index contributed by atoms with van der Waals surface area (Å²) in [7, 11) is 3.05. The molecule has 3 rings (SSSR count). The summed E-state index contributed by atoms with van der Waals surface area (Å²) < 4.78 is 4.20. The van der Waals surface area contributed by atoms with E-state index in [1.807, 2.05) is 18.2 Å². The van der Waals surface area contributed by atoms with Gasteiger partial charge in [-0.25, -0.2) is 9.78 Å². The fourth-order valence-corrected chi connectivity index (χ4v) is 3.46. The first-order chi connectivity index (χ1) is 11.5. The van der Waals surface area contributed by atoms with Gasteiger partial charge in [-0.3, -0.25) is 13.9 Å². The molecule has 0 N–H and O–H groups in total. The molecule has 0 fully saturated rings. The SMILES string of the molecule is Cn1c(=O)c2c(ncn2CCSc2ccccc2C#N)n(C)c1=O. The largest absolute Gasteiger partial charge is 0.332 e. The number of nitriles is 1. The van der Waals surface area contributed by atoms with Crippen molar-refractivity contribution >= 4 is 22.9 Å². The number of nitrogens with zero attached hydrogens (tertiary/aromatic N) is 5. The molecule has 2 heterocycles. The summed E-state index contributed by atoms with van der Waals surface area (Å²) in [5, 5.41) is 9.11. The minimum absolute atomic E-state index is 0.354. The van der Waals surface area contributed by atoms with E-state index in [2.05, 4.69) is 11.1 Å². The van der Waals surface area contributed by atoms with Crippen LogP contribution in [0.15, 0.2) is 45.1 Å². The average Bonchev–Trinajstić information content (AvgIpc) is 3.02. The van der Waals surface area contributed by atoms with Gasteiger partial charge in [0.2, 0.25) is 0 Å². The van der Waals surface area contributed by atoms with Gasteiger partial charge < -0.3 is 4.57 Å². The van der Waals surface area contributed by atoms with Gasteiger partial charge in [-0.15, -0.1) is 11.8 Å². The van der Waals surface area contributed by atoms with E-state index in [1.54, 1.807) is 35.8 Å². The summed E-state index contributed by atoms with van der Waals surface area (Å²) in [5.74, 6) is 0.677. The molecule has 0 bridgehead atoms. The lowest BCUT2D eigenvalue weighted by atomic mass is 10.2. The fourth-order valence-electron chi connectivity index (χ4n) is 2.51. The molecule has 3 aromatic rings. The summed E-state index contributed by atoms with van der Waals surface area (Å²) in [5.41, 5.74) is 0.679. The first-order valence-corrected chi connectivity index (χ1v) is 8.26. The zero-order chi connectivity index (χ0) is 17.3. The fraction of sp³-hybridized carbons (Fsp3) is 0.250. The Bertz CT molecular complexity index is 1070. The van der Waals surface area contributed by atoms with E-state index in [0.717, 1.165) is 9.46 Å². The number of rotatable bonds is 4. The lowest BCUT2D eigenvalue weighted by Crippen LogP contribution is -2.37. The highest BCUT2D eigenvalue weighted by molar-refractivity contribution is 7.99. The average molecular weight is 341 g/mol. The minimum Gasteiger partial charge on any atom is -0.324 e. The third kappa shape index (κ3) is 2.63. The molecular formula is C16H15N5O2S. The first-order valence-electron chi connectivity index (χ1n) is 7.27. The highest BCUT2D eigenvalue weighted by atomic mass is 32.2. The van der Waals surface area contributed by atoms with Gasteiger partial charge in [0.15, 0.2) is 11.2 Å². The second-order valence-corrected chi connectivity index (χ2v) is 6.41. The number of imidazole rings is 1. The smallest absolute Gasteiger partial charge is 0.324 e. The van der Waals surface area contributed by atoms with Crippen molar-refractivity contribution in [2.24, 2.45) is 14.1 Å². The number of benzene rings is 1. The molecule has 0 saturated heterocycles. The van der Waals surface area contributed by atoms with Crippen LogP contribution in [0.4, 0.5) is 0 Å². The van der Waals surface area contributed by atoms with Crippen LogP contribution in [0.3, 0.4) is 0 Å². The summed E-state index contributed by atoms with van der Waals surface area (Å²) >= 11 is 1.55. The molecule has 0 radical (unpaired) electrons. The van der Waals surface area contributed by atoms with Crippen LogP contribution in [-0.2, 0) is 20.6 Å². The van der Waals surface area contributed by atoms with E-state index >= 15 is 0 Å². The maximum Gasteiger partial charge on any atom is 0.332 e. The number of hydrogen-bond acceptors (Lipinski definition) is 5. The Morgan fingerprint density at radius 2 is 1.96 bits per heavy atom. The standard InChI is InChI=1S/C16H15N5O2S/c1-19-14-13(15(22)20(2)16(19)23)21(10-18-14)7-8-24-12-6-4-3-5-11(12)9-17/h3-6,10H,7-8H2,1-2H3. The quantitative estimate of drug-likeness (QED) is 0.663. The third-order valence-electron chi connectivity index (χ3n) is 3.81. The van der Waals surface area contributed by atoms with Crippen molar-refractivity contribution < 1.29 is 0 Å². The monoisotopic (exact) mass is 341 g/mol. The summed E-state index contributed by atoms with van der Waals surface area (Å²) in [6.45, 7) is 0.550. The van der Waals surface area contributed by atoms with Gasteiger partial charge in [-0.1, -0.05) is 12.1 Å². The van der Waals surface area contributed by atoms with Crippen molar-refractivity contribution in [2.45, 2.75) is 11.4 Å². The Labute approximate surface area is 141 Å². The molecule has 2 aromatic heterocycles. The Kier molecular flexibility index (Phi) is 4.27. The van der Waals surface area contributed by atoms with Gasteiger partial charge in [0.25, 0.3) is 5.56 Å². The molecule has 0 unspecified atom stereocenters. The lowest BCUT2D eigenvalue weighted by molar-refractivity contribution is 0.700. The van der Waals surface area contributed by atoms with Crippen LogP contribution in [0.1, 0.15) is 5.56 Å². The zero-order valence-electron chi connectivity index (χ0n) is 13.3. The van der Waals surface area contributed by atoms with Crippen molar-refractivity contribution in [3.8, 4) is 6.07 Å². The Balaban J connectivity index is 1.88. The summed E-state index contributed by atoms with van der Waals surface area (Å²) in [4.78, 5) is 29.4. The third-order valence-corrected chi connectivity index (χ3v) is 4.87. The van der Waals surface area contributed by atoms with Crippen LogP contribution < -0.4 is 11.2 Å². The van der Waals surface area contributed by atoms with E-state index in [9.17, 15) is 9.59 Å². The van der Waals surface area contributed by atoms with Gasteiger partial charge in [-0.2, -0.15) is 5.26 Å². The highest BCUT2D eigenvalue weighted by Crippen LogP contribution is 2.22. The molecule has 0 aliphatic rings. The lowest BCUT2D eigenvalue weighted by Gasteiger charge is -2.07. The van der Waals surface area contributed by atoms with Gasteiger partial charge in [0, 0.05) is 31.3 Å². The first kappa shape index (κ1) is 16.1. The van der Waals surface area contributed by atoms with Crippen LogP contribution >= 0.6 is 11.8 Å². The summed E-state index contributed by atoms with van der Waals surface area (Å²) in [6.07, 6.45) is 1.57. The van der Waals surface area contributed by atoms with Gasteiger partial charge in [0.05, 0.1) is 11.9 Å². The second-order valence-electron chi connectivity index (χ2n) is 5.27. The molecule has 8 heteroatoms. The Morgan fingerprint density at radius 1 is 1.21 bits per heavy atom. The molecule has 0 spiro atoms. The van der Waals surface area contributed by atoms with Crippen LogP contribution in [-0.4, -0.2) is 24.4 Å². The van der Waals surface area contributed by atoms with E-state index in [0.29, 0.717) is 29.0 Å². The van der Waals surface area contributed by atoms with Gasteiger partial charge >= 0.3 is 5.69 Å². The van der Waals surface area contributed by atoms with Crippen molar-refractivity contribution in [3.63, 3.8) is 0 Å². The molecule has 7 nitrogen and oxygen atoms in total. The molecule has 0 amide bonds. The Hall–Kier alpha value is -2.79. The molecule has 0 aliphatic heterocycles. The van der Waals surface area contributed by atoms with E-state index in [4.69, 9.17) is 5.26 Å². The normalized spacial score (nSPS) is 10.9. The predicted octanol–water partition coefficient (Wildman–Crippen LogP) is 1.10. The topological polar surface area (TPSA) is 85.6 Å². The zero-order valence-corrected chi connectivity index (χ0v) is 14.1. The second kappa shape index (κ2) is 6.37. The van der Waals surface area contributed by atoms with Crippen LogP contribution in [0, 0.1) is 11.3 Å². The van der Waals surface area contributed by atoms with E-state index < -0.39 is 5.69 Å². The molecular weight excluding hydrogens is 326 g/mol. The molecule has 122 valence electrons. The number of hydrogen-bond donors (Lipinski definition) is 0. The number of thioether (sulfide) groups is 1. The number of aromatic nitrogens is 4. The maximum absolute atomic E-state index is 12.4. The van der Waals surface area contributed by atoms with E-state index in [1.165, 1.54) is 11.6 Å². The van der Waals surface area contributed by atoms with Crippen LogP contribution in [0.2, 0.25) is 0 Å². The van der Waals surface area contributed by atoms with Crippen LogP contribution in [0.25, 0.3) is 11.2 Å². The van der Waals surface area contributed by atoms with E-state index in [-0.39, 0.29) is 5.56 Å². The predicted molar refractivity (Wildman–Crippen MR) is 92.1 cm³/mol. The maximum atomic E-state index is 12.4. The van der Waals surface area contributed by atoms with Crippen molar-refractivity contribution in [3.05, 3.63) is 57.0 Å². The molecule has 0 atom stereocenters. The highest BCUT2D eigenvalue weighted by Gasteiger charge is 2.14. The van der Waals surface area contributed by atoms with Gasteiger partial charge in [-0.05, 0) is 12.1 Å². The summed E-state index contributed by atoms with van der Waals surface area (Å²) in [6, 6.07) is 9.57. The number of fused-ring (bicyclic) bond motifs is 1. The molecule has 24 heavy (non-hydrogen) atoms. The Morgan fingerprint density at radius 3 is 2.71 bits per heavy atom. The minimum atomic E-state index is -0.393. The molecule has 0 aliphatic carbocycles.